The molecular weight excluding hydrogens is 225 g/mol. The molecule has 0 saturated heterocycles. The van der Waals surface area contributed by atoms with E-state index >= 15 is 0 Å². The lowest BCUT2D eigenvalue weighted by molar-refractivity contribution is 1.12. The number of para-hydroxylation sites is 1. The molecule has 1 aromatic carbocycles. The van der Waals surface area contributed by atoms with Crippen LogP contribution < -0.4 is 0 Å². The maximum Gasteiger partial charge on any atom is 0.0707 e. The first-order chi connectivity index (χ1) is 8.31. The standard InChI is InChI=1S/C12H13N.C2H6.CH5P/c1-3-10-8-9(2)13-12-7-5-4-6-11(10)12;2*1-2/h4-8H,3H2,1-2H3;1-2H3;2H2,1H3. The van der Waals surface area contributed by atoms with Gasteiger partial charge in [-0.3, -0.25) is 4.98 Å². The minimum absolute atomic E-state index is 1.07. The summed E-state index contributed by atoms with van der Waals surface area (Å²) in [5.41, 5.74) is 3.61. The van der Waals surface area contributed by atoms with Gasteiger partial charge in [-0.05, 0) is 31.0 Å². The van der Waals surface area contributed by atoms with Gasteiger partial charge in [-0.2, -0.15) is 0 Å². The molecule has 1 atom stereocenters. The summed E-state index contributed by atoms with van der Waals surface area (Å²) in [5.74, 6) is 0. The zero-order valence-corrected chi connectivity index (χ0v) is 12.8. The van der Waals surface area contributed by atoms with Crippen LogP contribution in [0, 0.1) is 6.92 Å². The molecule has 0 bridgehead atoms. The number of fused-ring (bicyclic) bond motifs is 1. The van der Waals surface area contributed by atoms with Gasteiger partial charge in [0.2, 0.25) is 0 Å². The Kier molecular flexibility index (Phi) is 8.62. The molecule has 2 heteroatoms. The van der Waals surface area contributed by atoms with E-state index in [9.17, 15) is 0 Å². The van der Waals surface area contributed by atoms with Crippen LogP contribution in [0.15, 0.2) is 30.3 Å². The predicted molar refractivity (Wildman–Crippen MR) is 82.8 cm³/mol. The fourth-order valence-electron chi connectivity index (χ4n) is 1.69. The lowest BCUT2D eigenvalue weighted by atomic mass is 10.1. The SMILES string of the molecule is CC.CCc1cc(C)nc2ccccc12.CP. The molecule has 2 rings (SSSR count). The Hall–Kier alpha value is -0.940. The number of hydrogen-bond acceptors (Lipinski definition) is 1. The number of pyridine rings is 1. The van der Waals surface area contributed by atoms with Gasteiger partial charge in [0, 0.05) is 11.1 Å². The second-order valence-corrected chi connectivity index (χ2v) is 3.29. The number of benzene rings is 1. The maximum atomic E-state index is 4.48. The van der Waals surface area contributed by atoms with Crippen LogP contribution >= 0.6 is 9.24 Å². The van der Waals surface area contributed by atoms with Crippen molar-refractivity contribution in [2.24, 2.45) is 0 Å². The van der Waals surface area contributed by atoms with E-state index in [4.69, 9.17) is 0 Å². The highest BCUT2D eigenvalue weighted by Crippen LogP contribution is 2.18. The van der Waals surface area contributed by atoms with Crippen molar-refractivity contribution in [2.45, 2.75) is 34.1 Å². The third kappa shape index (κ3) is 4.44. The summed E-state index contributed by atoms with van der Waals surface area (Å²) >= 11 is 0. The Morgan fingerprint density at radius 2 is 1.71 bits per heavy atom. The second-order valence-electron chi connectivity index (χ2n) is 3.29. The molecule has 1 heterocycles. The first-order valence-corrected chi connectivity index (χ1v) is 7.39. The number of rotatable bonds is 1. The molecule has 0 amide bonds. The Morgan fingerprint density at radius 1 is 1.12 bits per heavy atom. The van der Waals surface area contributed by atoms with Gasteiger partial charge >= 0.3 is 0 Å². The second kappa shape index (κ2) is 9.13. The molecule has 1 nitrogen and oxygen atoms in total. The van der Waals surface area contributed by atoms with Crippen LogP contribution in [0.25, 0.3) is 10.9 Å². The minimum atomic E-state index is 1.07. The fraction of sp³-hybridized carbons (Fsp3) is 0.400. The normalized spacial score (nSPS) is 8.82. The Labute approximate surface area is 108 Å². The summed E-state index contributed by atoms with van der Waals surface area (Å²) in [7, 11) is 2.42. The quantitative estimate of drug-likeness (QED) is 0.672. The van der Waals surface area contributed by atoms with Crippen molar-refractivity contribution in [3.63, 3.8) is 0 Å². The molecule has 1 aromatic heterocycles. The average molecular weight is 249 g/mol. The van der Waals surface area contributed by atoms with Gasteiger partial charge in [-0.1, -0.05) is 45.6 Å². The van der Waals surface area contributed by atoms with Gasteiger partial charge in [-0.15, -0.1) is 9.24 Å². The van der Waals surface area contributed by atoms with Crippen LogP contribution in [0.4, 0.5) is 0 Å². The van der Waals surface area contributed by atoms with Crippen LogP contribution in [0.2, 0.25) is 0 Å². The van der Waals surface area contributed by atoms with Gasteiger partial charge in [0.1, 0.15) is 0 Å². The van der Waals surface area contributed by atoms with Crippen LogP contribution in [-0.4, -0.2) is 11.6 Å². The summed E-state index contributed by atoms with van der Waals surface area (Å²) in [6.07, 6.45) is 1.07. The van der Waals surface area contributed by atoms with Gasteiger partial charge in [-0.25, -0.2) is 0 Å². The van der Waals surface area contributed by atoms with Crippen LogP contribution in [0.3, 0.4) is 0 Å². The Morgan fingerprint density at radius 3 is 2.29 bits per heavy atom. The van der Waals surface area contributed by atoms with Gasteiger partial charge < -0.3 is 0 Å². The molecule has 0 fully saturated rings. The van der Waals surface area contributed by atoms with Crippen LogP contribution in [-0.2, 0) is 6.42 Å². The fourth-order valence-corrected chi connectivity index (χ4v) is 1.69. The van der Waals surface area contributed by atoms with Crippen molar-refractivity contribution >= 4 is 20.1 Å². The minimum Gasteiger partial charge on any atom is -0.253 e. The Balaban J connectivity index is 0.000000581. The molecule has 94 valence electrons. The molecule has 1 unspecified atom stereocenters. The molecule has 2 aromatic rings. The van der Waals surface area contributed by atoms with Crippen molar-refractivity contribution in [1.29, 1.82) is 0 Å². The molecule has 0 spiro atoms. The molecule has 0 radical (unpaired) electrons. The van der Waals surface area contributed by atoms with Crippen molar-refractivity contribution < 1.29 is 0 Å². The molecule has 0 aliphatic carbocycles. The molecule has 0 aliphatic heterocycles. The zero-order valence-electron chi connectivity index (χ0n) is 11.6. The first-order valence-electron chi connectivity index (χ1n) is 6.24. The van der Waals surface area contributed by atoms with E-state index in [1.165, 1.54) is 10.9 Å². The van der Waals surface area contributed by atoms with E-state index in [1.54, 1.807) is 0 Å². The smallest absolute Gasteiger partial charge is 0.0707 e. The first kappa shape index (κ1) is 16.1. The summed E-state index contributed by atoms with van der Waals surface area (Å²) in [6.45, 7) is 10.1. The lowest BCUT2D eigenvalue weighted by Gasteiger charge is -2.04. The average Bonchev–Trinajstić information content (AvgIpc) is 2.42. The number of nitrogens with zero attached hydrogens (tertiary/aromatic N) is 1. The molecule has 17 heavy (non-hydrogen) atoms. The van der Waals surface area contributed by atoms with E-state index in [0.29, 0.717) is 0 Å². The number of aryl methyl sites for hydroxylation is 2. The highest BCUT2D eigenvalue weighted by Gasteiger charge is 2.00. The van der Waals surface area contributed by atoms with E-state index < -0.39 is 0 Å². The van der Waals surface area contributed by atoms with E-state index in [-0.39, 0.29) is 0 Å². The van der Waals surface area contributed by atoms with E-state index in [0.717, 1.165) is 17.6 Å². The predicted octanol–water partition coefficient (Wildman–Crippen LogP) is 4.62. The van der Waals surface area contributed by atoms with Gasteiger partial charge in [0.15, 0.2) is 0 Å². The number of aromatic nitrogens is 1. The zero-order chi connectivity index (χ0) is 13.3. The van der Waals surface area contributed by atoms with Gasteiger partial charge in [0.05, 0.1) is 5.52 Å². The van der Waals surface area contributed by atoms with Crippen molar-refractivity contribution in [3.8, 4) is 0 Å². The largest absolute Gasteiger partial charge is 0.253 e. The monoisotopic (exact) mass is 249 g/mol. The van der Waals surface area contributed by atoms with E-state index in [2.05, 4.69) is 45.4 Å². The van der Waals surface area contributed by atoms with Crippen LogP contribution in [0.5, 0.6) is 0 Å². The Bertz CT molecular complexity index is 438. The van der Waals surface area contributed by atoms with Crippen molar-refractivity contribution in [3.05, 3.63) is 41.6 Å². The lowest BCUT2D eigenvalue weighted by Crippen LogP contribution is -1.89. The molecule has 0 N–H and O–H groups in total. The van der Waals surface area contributed by atoms with Crippen molar-refractivity contribution in [2.75, 3.05) is 6.66 Å². The van der Waals surface area contributed by atoms with Crippen molar-refractivity contribution in [1.82, 2.24) is 4.98 Å². The highest BCUT2D eigenvalue weighted by atomic mass is 31.0. The maximum absolute atomic E-state index is 4.48. The highest BCUT2D eigenvalue weighted by molar-refractivity contribution is 7.15. The van der Waals surface area contributed by atoms with Gasteiger partial charge in [0.25, 0.3) is 0 Å². The molecule has 0 saturated carbocycles. The summed E-state index contributed by atoms with van der Waals surface area (Å²) in [5, 5.41) is 1.29. The summed E-state index contributed by atoms with van der Waals surface area (Å²) in [4.78, 5) is 4.48. The summed E-state index contributed by atoms with van der Waals surface area (Å²) < 4.78 is 0. The molecule has 0 aliphatic rings. The number of hydrogen-bond donors (Lipinski definition) is 0. The van der Waals surface area contributed by atoms with E-state index in [1.807, 2.05) is 33.5 Å². The molecular formula is C15H24NP. The van der Waals surface area contributed by atoms with Crippen LogP contribution in [0.1, 0.15) is 32.0 Å². The topological polar surface area (TPSA) is 12.9 Å². The third-order valence-corrected chi connectivity index (χ3v) is 2.31. The third-order valence-electron chi connectivity index (χ3n) is 2.31. The summed E-state index contributed by atoms with van der Waals surface area (Å²) in [6, 6.07) is 10.5.